The zero-order valence-electron chi connectivity index (χ0n) is 14.2. The quantitative estimate of drug-likeness (QED) is 0.631. The molecular weight excluding hydrogens is 230 g/mol. The van der Waals surface area contributed by atoms with E-state index in [2.05, 4.69) is 72.5 Å². The molecule has 1 heteroatoms. The number of hydrogen-bond acceptors (Lipinski definition) is 1. The van der Waals surface area contributed by atoms with E-state index in [9.17, 15) is 0 Å². The van der Waals surface area contributed by atoms with Crippen molar-refractivity contribution in [1.82, 2.24) is 4.98 Å². The van der Waals surface area contributed by atoms with Gasteiger partial charge in [-0.25, -0.2) is 0 Å². The van der Waals surface area contributed by atoms with Crippen molar-refractivity contribution in [3.63, 3.8) is 0 Å². The van der Waals surface area contributed by atoms with Crippen molar-refractivity contribution in [3.8, 4) is 0 Å². The molecule has 1 heterocycles. The minimum Gasteiger partial charge on any atom is -0.261 e. The summed E-state index contributed by atoms with van der Waals surface area (Å²) < 4.78 is 0. The van der Waals surface area contributed by atoms with E-state index in [4.69, 9.17) is 0 Å². The molecule has 0 N–H and O–H groups in total. The molecule has 0 bridgehead atoms. The second-order valence-corrected chi connectivity index (χ2v) is 7.65. The summed E-state index contributed by atoms with van der Waals surface area (Å²) in [7, 11) is 0. The van der Waals surface area contributed by atoms with E-state index in [1.807, 2.05) is 12.3 Å². The Morgan fingerprint density at radius 2 is 1.53 bits per heavy atom. The van der Waals surface area contributed by atoms with Crippen LogP contribution in [-0.4, -0.2) is 4.98 Å². The highest BCUT2D eigenvalue weighted by molar-refractivity contribution is 5.12. The lowest BCUT2D eigenvalue weighted by atomic mass is 9.70. The molecule has 0 radical (unpaired) electrons. The van der Waals surface area contributed by atoms with Gasteiger partial charge in [0.15, 0.2) is 0 Å². The van der Waals surface area contributed by atoms with Crippen molar-refractivity contribution >= 4 is 0 Å². The topological polar surface area (TPSA) is 12.9 Å². The average Bonchev–Trinajstić information content (AvgIpc) is 2.26. The summed E-state index contributed by atoms with van der Waals surface area (Å²) in [6, 6.07) is 6.23. The van der Waals surface area contributed by atoms with Gasteiger partial charge in [0.05, 0.1) is 0 Å². The normalized spacial score (nSPS) is 13.5. The fourth-order valence-corrected chi connectivity index (χ4v) is 2.05. The van der Waals surface area contributed by atoms with Crippen molar-refractivity contribution in [2.75, 3.05) is 0 Å². The van der Waals surface area contributed by atoms with Gasteiger partial charge >= 0.3 is 0 Å². The summed E-state index contributed by atoms with van der Waals surface area (Å²) in [6.07, 6.45) is 4.32. The van der Waals surface area contributed by atoms with Gasteiger partial charge in [-0.2, -0.15) is 0 Å². The van der Waals surface area contributed by atoms with E-state index in [1.54, 1.807) is 0 Å². The minimum atomic E-state index is 0.266. The maximum atomic E-state index is 4.53. The molecule has 0 aliphatic heterocycles. The molecule has 1 unspecified atom stereocenters. The predicted molar refractivity (Wildman–Crippen MR) is 86.5 cm³/mol. The Morgan fingerprint density at radius 1 is 1.00 bits per heavy atom. The Labute approximate surface area is 120 Å². The van der Waals surface area contributed by atoms with Crippen LogP contribution in [-0.2, 0) is 0 Å². The smallest absolute Gasteiger partial charge is 0.0439 e. The SMILES string of the molecule is CC(C)(C)CC(c1ccccn1)C(C)(C)C.CCC. The maximum Gasteiger partial charge on any atom is 0.0439 e. The van der Waals surface area contributed by atoms with E-state index in [0.29, 0.717) is 11.3 Å². The summed E-state index contributed by atoms with van der Waals surface area (Å²) in [6.45, 7) is 18.1. The van der Waals surface area contributed by atoms with Crippen LogP contribution < -0.4 is 0 Å². The molecule has 0 amide bonds. The molecule has 0 aliphatic carbocycles. The minimum absolute atomic E-state index is 0.266. The Morgan fingerprint density at radius 3 is 1.84 bits per heavy atom. The van der Waals surface area contributed by atoms with E-state index in [1.165, 1.54) is 18.5 Å². The van der Waals surface area contributed by atoms with Crippen molar-refractivity contribution in [2.24, 2.45) is 10.8 Å². The Kier molecular flexibility index (Phi) is 7.33. The third-order valence-electron chi connectivity index (χ3n) is 2.91. The van der Waals surface area contributed by atoms with Gasteiger partial charge < -0.3 is 0 Å². The summed E-state index contributed by atoms with van der Waals surface area (Å²) in [5.41, 5.74) is 1.84. The van der Waals surface area contributed by atoms with Gasteiger partial charge in [0.25, 0.3) is 0 Å². The molecule has 1 atom stereocenters. The predicted octanol–water partition coefficient (Wildman–Crippen LogP) is 6.06. The number of nitrogens with zero attached hydrogens (tertiary/aromatic N) is 1. The second kappa shape index (κ2) is 7.67. The molecule has 1 aromatic heterocycles. The number of aromatic nitrogens is 1. The fourth-order valence-electron chi connectivity index (χ4n) is 2.05. The average molecular weight is 263 g/mol. The first-order valence-electron chi connectivity index (χ1n) is 7.52. The Balaban J connectivity index is 0.000000982. The second-order valence-electron chi connectivity index (χ2n) is 7.65. The highest BCUT2D eigenvalue weighted by Crippen LogP contribution is 2.42. The summed E-state index contributed by atoms with van der Waals surface area (Å²) in [4.78, 5) is 4.53. The van der Waals surface area contributed by atoms with Crippen LogP contribution in [0.15, 0.2) is 24.4 Å². The Bertz CT molecular complexity index is 327. The fraction of sp³-hybridized carbons (Fsp3) is 0.722. The highest BCUT2D eigenvalue weighted by Gasteiger charge is 2.30. The standard InChI is InChI=1S/C15H25N.C3H8/c1-14(2,3)11-12(15(4,5)6)13-9-7-8-10-16-13;1-3-2/h7-10,12H,11H2,1-6H3;3H2,1-2H3. The van der Waals surface area contributed by atoms with Gasteiger partial charge in [-0.3, -0.25) is 4.98 Å². The molecule has 0 saturated carbocycles. The van der Waals surface area contributed by atoms with Crippen molar-refractivity contribution in [2.45, 2.75) is 74.1 Å². The molecule has 1 aromatic rings. The summed E-state index contributed by atoms with van der Waals surface area (Å²) in [5.74, 6) is 0.522. The largest absolute Gasteiger partial charge is 0.261 e. The van der Waals surface area contributed by atoms with Crippen molar-refractivity contribution in [1.29, 1.82) is 0 Å². The van der Waals surface area contributed by atoms with Crippen LogP contribution in [0.1, 0.15) is 79.8 Å². The van der Waals surface area contributed by atoms with Crippen molar-refractivity contribution in [3.05, 3.63) is 30.1 Å². The lowest BCUT2D eigenvalue weighted by Crippen LogP contribution is -2.24. The van der Waals surface area contributed by atoms with Crippen LogP contribution in [0.5, 0.6) is 0 Å². The van der Waals surface area contributed by atoms with E-state index >= 15 is 0 Å². The van der Waals surface area contributed by atoms with Crippen LogP contribution >= 0.6 is 0 Å². The molecule has 0 saturated heterocycles. The van der Waals surface area contributed by atoms with E-state index < -0.39 is 0 Å². The molecule has 1 rings (SSSR count). The molecule has 0 spiro atoms. The summed E-state index contributed by atoms with van der Waals surface area (Å²) in [5, 5.41) is 0. The van der Waals surface area contributed by atoms with Crippen LogP contribution in [0, 0.1) is 10.8 Å². The van der Waals surface area contributed by atoms with Gasteiger partial charge in [0.1, 0.15) is 0 Å². The van der Waals surface area contributed by atoms with Gasteiger partial charge in [-0.1, -0.05) is 67.9 Å². The number of rotatable bonds is 2. The number of hydrogen-bond donors (Lipinski definition) is 0. The summed E-state index contributed by atoms with van der Waals surface area (Å²) >= 11 is 0. The molecule has 0 aromatic carbocycles. The number of pyridine rings is 1. The highest BCUT2D eigenvalue weighted by atomic mass is 14.7. The van der Waals surface area contributed by atoms with Gasteiger partial charge in [0.2, 0.25) is 0 Å². The molecule has 19 heavy (non-hydrogen) atoms. The zero-order chi connectivity index (χ0) is 15.1. The van der Waals surface area contributed by atoms with Gasteiger partial charge in [-0.05, 0) is 29.4 Å². The van der Waals surface area contributed by atoms with E-state index in [0.717, 1.165) is 0 Å². The van der Waals surface area contributed by atoms with Crippen LogP contribution in [0.3, 0.4) is 0 Å². The first-order chi connectivity index (χ1) is 8.61. The lowest BCUT2D eigenvalue weighted by molar-refractivity contribution is 0.225. The molecule has 1 nitrogen and oxygen atoms in total. The van der Waals surface area contributed by atoms with Crippen LogP contribution in [0.2, 0.25) is 0 Å². The monoisotopic (exact) mass is 263 g/mol. The molecule has 110 valence electrons. The van der Waals surface area contributed by atoms with Crippen LogP contribution in [0.4, 0.5) is 0 Å². The Hall–Kier alpha value is -0.850. The van der Waals surface area contributed by atoms with E-state index in [-0.39, 0.29) is 5.41 Å². The third-order valence-corrected chi connectivity index (χ3v) is 2.91. The van der Waals surface area contributed by atoms with Gasteiger partial charge in [0, 0.05) is 17.8 Å². The molecule has 0 aliphatic rings. The first kappa shape index (κ1) is 18.1. The maximum absolute atomic E-state index is 4.53. The van der Waals surface area contributed by atoms with Crippen molar-refractivity contribution < 1.29 is 0 Å². The lowest BCUT2D eigenvalue weighted by Gasteiger charge is -2.35. The van der Waals surface area contributed by atoms with Gasteiger partial charge in [-0.15, -0.1) is 0 Å². The zero-order valence-corrected chi connectivity index (χ0v) is 14.2. The molecule has 0 fully saturated rings. The third kappa shape index (κ3) is 8.02. The first-order valence-corrected chi connectivity index (χ1v) is 7.52. The molecular formula is C18H33N. The van der Waals surface area contributed by atoms with Crippen LogP contribution in [0.25, 0.3) is 0 Å².